The summed E-state index contributed by atoms with van der Waals surface area (Å²) >= 11 is 1.09. The van der Waals surface area contributed by atoms with Crippen LogP contribution in [0.4, 0.5) is 0 Å². The zero-order valence-corrected chi connectivity index (χ0v) is 9.95. The Bertz CT molecular complexity index is 610. The van der Waals surface area contributed by atoms with E-state index in [0.717, 1.165) is 39.1 Å². The van der Waals surface area contributed by atoms with E-state index in [4.69, 9.17) is 4.42 Å². The summed E-state index contributed by atoms with van der Waals surface area (Å²) in [7, 11) is 0. The Morgan fingerprint density at radius 3 is 2.57 bits per heavy atom. The summed E-state index contributed by atoms with van der Waals surface area (Å²) in [5, 5.41) is 2.47. The summed E-state index contributed by atoms with van der Waals surface area (Å²) in [5.41, 5.74) is 1.97. The number of furan rings is 1. The van der Waals surface area contributed by atoms with E-state index in [2.05, 4.69) is 30.3 Å². The first kappa shape index (κ1) is 8.54. The van der Waals surface area contributed by atoms with Gasteiger partial charge in [0.2, 0.25) is 0 Å². The van der Waals surface area contributed by atoms with Gasteiger partial charge in [-0.25, -0.2) is 0 Å². The van der Waals surface area contributed by atoms with Crippen molar-refractivity contribution in [3.05, 3.63) is 42.5 Å². The van der Waals surface area contributed by atoms with E-state index in [0.29, 0.717) is 0 Å². The molecule has 0 aliphatic rings. The Morgan fingerprint density at radius 1 is 0.857 bits per heavy atom. The van der Waals surface area contributed by atoms with Crippen LogP contribution in [0.25, 0.3) is 21.9 Å². The van der Waals surface area contributed by atoms with Crippen molar-refractivity contribution in [2.75, 3.05) is 0 Å². The number of fused-ring (bicyclic) bond motifs is 3. The second kappa shape index (κ2) is 3.13. The number of rotatable bonds is 0. The molecular weight excluding hydrogens is 183 g/mol. The Morgan fingerprint density at radius 2 is 1.64 bits per heavy atom. The summed E-state index contributed by atoms with van der Waals surface area (Å²) in [6, 6.07) is 14.6. The molecule has 0 unspecified atom stereocenters. The van der Waals surface area contributed by atoms with Crippen LogP contribution in [-0.4, -0.2) is 27.9 Å². The predicted octanol–water partition coefficient (Wildman–Crippen LogP) is 2.38. The quantitative estimate of drug-likeness (QED) is 0.496. The first-order chi connectivity index (χ1) is 6.84. The van der Waals surface area contributed by atoms with Crippen molar-refractivity contribution in [2.24, 2.45) is 0 Å². The number of hydrogen-bond donors (Lipinski definition) is 0. The molecule has 0 atom stereocenters. The van der Waals surface area contributed by atoms with Crippen LogP contribution in [0.1, 0.15) is 0 Å². The standard InChI is InChI=1S/C12H7O.Na/c1-3-7-11-9(5-1)10-6-2-4-8-12(10)13-11;/h1,3-8H;. The van der Waals surface area contributed by atoms with E-state index in [1.54, 1.807) is 0 Å². The molecule has 0 amide bonds. The van der Waals surface area contributed by atoms with Gasteiger partial charge >= 0.3 is 99.6 Å². The third kappa shape index (κ3) is 1.21. The molecule has 3 rings (SSSR count). The maximum absolute atomic E-state index is 5.72. The molecular formula is C12H7NaO. The van der Waals surface area contributed by atoms with Crippen LogP contribution >= 0.6 is 0 Å². The third-order valence-corrected chi connectivity index (χ3v) is 3.15. The van der Waals surface area contributed by atoms with Crippen molar-refractivity contribution in [1.29, 1.82) is 0 Å². The summed E-state index contributed by atoms with van der Waals surface area (Å²) in [6.45, 7) is 0. The summed E-state index contributed by atoms with van der Waals surface area (Å²) in [5.74, 6) is 0. The van der Waals surface area contributed by atoms with E-state index in [1.807, 2.05) is 12.1 Å². The molecule has 0 aliphatic carbocycles. The van der Waals surface area contributed by atoms with Gasteiger partial charge in [0.05, 0.1) is 0 Å². The second-order valence-electron chi connectivity index (χ2n) is 3.60. The maximum atomic E-state index is 5.72. The zero-order valence-electron chi connectivity index (χ0n) is 7.95. The third-order valence-electron chi connectivity index (χ3n) is 2.53. The van der Waals surface area contributed by atoms with Crippen molar-refractivity contribution < 1.29 is 4.42 Å². The molecule has 3 aromatic rings. The van der Waals surface area contributed by atoms with Crippen LogP contribution in [0.15, 0.2) is 46.9 Å². The van der Waals surface area contributed by atoms with Gasteiger partial charge in [-0.15, -0.1) is 0 Å². The van der Waals surface area contributed by atoms with Gasteiger partial charge in [0, 0.05) is 0 Å². The first-order valence-electron chi connectivity index (χ1n) is 4.72. The molecule has 0 saturated carbocycles. The Balaban J connectivity index is 2.58. The molecule has 0 fully saturated rings. The molecule has 0 spiro atoms. The molecule has 0 aliphatic heterocycles. The SMILES string of the molecule is [Na][c]1ccc2oc3ccccc3c2c1. The molecule has 14 heavy (non-hydrogen) atoms. The number of para-hydroxylation sites is 1. The fourth-order valence-electron chi connectivity index (χ4n) is 1.84. The van der Waals surface area contributed by atoms with Gasteiger partial charge in [-0.2, -0.15) is 0 Å². The van der Waals surface area contributed by atoms with Crippen LogP contribution in [0, 0.1) is 0 Å². The Hall–Kier alpha value is -0.760. The Labute approximate surface area is 99.1 Å². The Kier molecular flexibility index (Phi) is 1.91. The number of hydrogen-bond acceptors (Lipinski definition) is 1. The average Bonchev–Trinajstić information content (AvgIpc) is 2.56. The average molecular weight is 190 g/mol. The van der Waals surface area contributed by atoms with Crippen LogP contribution in [0.3, 0.4) is 0 Å². The van der Waals surface area contributed by atoms with Crippen molar-refractivity contribution in [2.45, 2.75) is 0 Å². The van der Waals surface area contributed by atoms with Crippen LogP contribution in [-0.2, 0) is 0 Å². The molecule has 0 saturated heterocycles. The molecule has 1 heterocycles. The fraction of sp³-hybridized carbons (Fsp3) is 0. The number of benzene rings is 2. The minimum atomic E-state index is 0.981. The van der Waals surface area contributed by atoms with Crippen LogP contribution in [0.5, 0.6) is 0 Å². The molecule has 1 nitrogen and oxygen atoms in total. The van der Waals surface area contributed by atoms with Gasteiger partial charge in [0.25, 0.3) is 0 Å². The molecule has 62 valence electrons. The van der Waals surface area contributed by atoms with Gasteiger partial charge in [0.1, 0.15) is 0 Å². The molecule has 0 radical (unpaired) electrons. The van der Waals surface area contributed by atoms with Crippen molar-refractivity contribution in [3.8, 4) is 0 Å². The molecule has 2 heteroatoms. The van der Waals surface area contributed by atoms with E-state index in [1.165, 1.54) is 13.6 Å². The molecule has 0 N–H and O–H groups in total. The monoisotopic (exact) mass is 190 g/mol. The van der Waals surface area contributed by atoms with E-state index in [-0.39, 0.29) is 0 Å². The van der Waals surface area contributed by atoms with E-state index < -0.39 is 0 Å². The van der Waals surface area contributed by atoms with E-state index in [9.17, 15) is 0 Å². The van der Waals surface area contributed by atoms with Crippen molar-refractivity contribution in [3.63, 3.8) is 0 Å². The molecule has 1 aromatic heterocycles. The van der Waals surface area contributed by atoms with Gasteiger partial charge < -0.3 is 0 Å². The second-order valence-corrected chi connectivity index (χ2v) is 4.75. The fourth-order valence-corrected chi connectivity index (χ4v) is 2.30. The topological polar surface area (TPSA) is 13.1 Å². The molecule has 2 aromatic carbocycles. The first-order valence-corrected chi connectivity index (χ1v) is 5.72. The summed E-state index contributed by atoms with van der Waals surface area (Å²) in [4.78, 5) is 0. The van der Waals surface area contributed by atoms with Gasteiger partial charge in [-0.05, 0) is 0 Å². The van der Waals surface area contributed by atoms with Crippen molar-refractivity contribution in [1.82, 2.24) is 0 Å². The zero-order chi connectivity index (χ0) is 9.54. The van der Waals surface area contributed by atoms with E-state index >= 15 is 0 Å². The van der Waals surface area contributed by atoms with Crippen LogP contribution < -0.4 is 2.81 Å². The van der Waals surface area contributed by atoms with Gasteiger partial charge in [0.15, 0.2) is 0 Å². The minimum absolute atomic E-state index is 0.981. The predicted molar refractivity (Wildman–Crippen MR) is 59.1 cm³/mol. The van der Waals surface area contributed by atoms with Crippen LogP contribution in [0.2, 0.25) is 0 Å². The van der Waals surface area contributed by atoms with Gasteiger partial charge in [-0.1, -0.05) is 0 Å². The normalized spacial score (nSPS) is 11.3. The van der Waals surface area contributed by atoms with Gasteiger partial charge in [-0.3, -0.25) is 0 Å². The van der Waals surface area contributed by atoms with Crippen molar-refractivity contribution >= 4 is 52.7 Å². The molecule has 0 bridgehead atoms. The summed E-state index contributed by atoms with van der Waals surface area (Å²) in [6.07, 6.45) is 0. The summed E-state index contributed by atoms with van der Waals surface area (Å²) < 4.78 is 7.13.